The van der Waals surface area contributed by atoms with E-state index in [4.69, 9.17) is 9.15 Å². The summed E-state index contributed by atoms with van der Waals surface area (Å²) >= 11 is 0. The number of methoxy groups -OCH3 is 1. The van der Waals surface area contributed by atoms with Gasteiger partial charge in [0.2, 0.25) is 17.7 Å². The highest BCUT2D eigenvalue weighted by atomic mass is 16.5. The van der Waals surface area contributed by atoms with Crippen molar-refractivity contribution in [2.45, 2.75) is 20.3 Å². The van der Waals surface area contributed by atoms with Gasteiger partial charge in [0, 0.05) is 11.6 Å². The van der Waals surface area contributed by atoms with Crippen molar-refractivity contribution in [3.63, 3.8) is 0 Å². The summed E-state index contributed by atoms with van der Waals surface area (Å²) in [6.07, 6.45) is 1.68. The van der Waals surface area contributed by atoms with Gasteiger partial charge in [-0.3, -0.25) is 4.79 Å². The van der Waals surface area contributed by atoms with Crippen LogP contribution in [0.2, 0.25) is 0 Å². The van der Waals surface area contributed by atoms with Crippen LogP contribution in [0, 0.1) is 13.8 Å². The van der Waals surface area contributed by atoms with Crippen LogP contribution in [0.1, 0.15) is 17.0 Å². The number of rotatable bonds is 5. The van der Waals surface area contributed by atoms with E-state index in [0.29, 0.717) is 28.9 Å². The number of pyridine rings is 1. The third-order valence-corrected chi connectivity index (χ3v) is 3.83. The highest BCUT2D eigenvalue weighted by Crippen LogP contribution is 2.25. The number of nitrogens with one attached hydrogen (secondary N) is 1. The van der Waals surface area contributed by atoms with Gasteiger partial charge in [-0.25, -0.2) is 9.97 Å². The quantitative estimate of drug-likeness (QED) is 0.770. The highest BCUT2D eigenvalue weighted by Gasteiger charge is 2.16. The standard InChI is InChI=1S/C19H19N3O3/c1-12-6-4-5-7-15(12)19-22-16(13(2)25-19)10-17(23)21-14-8-9-18(24-3)20-11-14/h4-9,11H,10H2,1-3H3,(H,21,23). The first-order valence-corrected chi connectivity index (χ1v) is 7.89. The maximum atomic E-state index is 12.2. The molecule has 0 fully saturated rings. The van der Waals surface area contributed by atoms with E-state index in [-0.39, 0.29) is 12.3 Å². The van der Waals surface area contributed by atoms with E-state index in [9.17, 15) is 4.79 Å². The van der Waals surface area contributed by atoms with Gasteiger partial charge in [0.1, 0.15) is 5.76 Å². The highest BCUT2D eigenvalue weighted by molar-refractivity contribution is 5.92. The molecule has 0 aliphatic heterocycles. The van der Waals surface area contributed by atoms with Crippen molar-refractivity contribution in [1.29, 1.82) is 0 Å². The Kier molecular flexibility index (Phi) is 4.79. The molecule has 25 heavy (non-hydrogen) atoms. The van der Waals surface area contributed by atoms with Crippen LogP contribution < -0.4 is 10.1 Å². The molecule has 0 aliphatic carbocycles. The SMILES string of the molecule is COc1ccc(NC(=O)Cc2nc(-c3ccccc3C)oc2C)cn1. The second-order valence-corrected chi connectivity index (χ2v) is 5.65. The Labute approximate surface area is 145 Å². The Bertz CT molecular complexity index is 885. The number of hydrogen-bond donors (Lipinski definition) is 1. The molecule has 0 bridgehead atoms. The lowest BCUT2D eigenvalue weighted by atomic mass is 10.1. The maximum absolute atomic E-state index is 12.2. The molecule has 0 aliphatic rings. The molecule has 1 N–H and O–H groups in total. The summed E-state index contributed by atoms with van der Waals surface area (Å²) in [6.45, 7) is 3.81. The van der Waals surface area contributed by atoms with Gasteiger partial charge in [0.25, 0.3) is 0 Å². The molecule has 128 valence electrons. The number of nitrogens with zero attached hydrogens (tertiary/aromatic N) is 2. The van der Waals surface area contributed by atoms with Crippen LogP contribution in [0.15, 0.2) is 47.0 Å². The lowest BCUT2D eigenvalue weighted by Gasteiger charge is -2.04. The first-order chi connectivity index (χ1) is 12.1. The topological polar surface area (TPSA) is 77.2 Å². The molecule has 1 amide bonds. The fraction of sp³-hybridized carbons (Fsp3) is 0.211. The van der Waals surface area contributed by atoms with Gasteiger partial charge in [-0.15, -0.1) is 0 Å². The second kappa shape index (κ2) is 7.17. The summed E-state index contributed by atoms with van der Waals surface area (Å²) in [4.78, 5) is 20.8. The Hall–Kier alpha value is -3.15. The molecule has 6 heteroatoms. The fourth-order valence-corrected chi connectivity index (χ4v) is 2.45. The average molecular weight is 337 g/mol. The summed E-state index contributed by atoms with van der Waals surface area (Å²) in [6, 6.07) is 11.3. The van der Waals surface area contributed by atoms with E-state index in [1.54, 1.807) is 25.4 Å². The van der Waals surface area contributed by atoms with Crippen molar-refractivity contribution >= 4 is 11.6 Å². The van der Waals surface area contributed by atoms with Crippen LogP contribution in [-0.4, -0.2) is 23.0 Å². The molecule has 0 saturated heterocycles. The van der Waals surface area contributed by atoms with Crippen molar-refractivity contribution in [3.05, 3.63) is 59.6 Å². The number of oxazole rings is 1. The molecule has 2 heterocycles. The summed E-state index contributed by atoms with van der Waals surface area (Å²) < 4.78 is 10.7. The summed E-state index contributed by atoms with van der Waals surface area (Å²) in [7, 11) is 1.54. The zero-order chi connectivity index (χ0) is 17.8. The van der Waals surface area contributed by atoms with E-state index in [1.165, 1.54) is 0 Å². The monoisotopic (exact) mass is 337 g/mol. The number of benzene rings is 1. The second-order valence-electron chi connectivity index (χ2n) is 5.65. The smallest absolute Gasteiger partial charge is 0.230 e. The number of anilines is 1. The Morgan fingerprint density at radius 2 is 2.00 bits per heavy atom. The van der Waals surface area contributed by atoms with Crippen LogP contribution in [0.4, 0.5) is 5.69 Å². The minimum atomic E-state index is -0.181. The normalized spacial score (nSPS) is 10.5. The average Bonchev–Trinajstić information content (AvgIpc) is 2.96. The molecular weight excluding hydrogens is 318 g/mol. The Morgan fingerprint density at radius 3 is 2.68 bits per heavy atom. The van der Waals surface area contributed by atoms with Crippen molar-refractivity contribution < 1.29 is 13.9 Å². The number of hydrogen-bond acceptors (Lipinski definition) is 5. The van der Waals surface area contributed by atoms with E-state index >= 15 is 0 Å². The molecule has 0 saturated carbocycles. The molecule has 0 radical (unpaired) electrons. The van der Waals surface area contributed by atoms with Crippen molar-refractivity contribution in [2.75, 3.05) is 12.4 Å². The third kappa shape index (κ3) is 3.85. The van der Waals surface area contributed by atoms with Crippen molar-refractivity contribution in [1.82, 2.24) is 9.97 Å². The lowest BCUT2D eigenvalue weighted by Crippen LogP contribution is -2.15. The molecule has 0 spiro atoms. The molecule has 6 nitrogen and oxygen atoms in total. The number of carbonyl (C=O) groups excluding carboxylic acids is 1. The summed E-state index contributed by atoms with van der Waals surface area (Å²) in [5.74, 6) is 1.48. The van der Waals surface area contributed by atoms with Crippen molar-refractivity contribution in [3.8, 4) is 17.3 Å². The molecule has 3 rings (SSSR count). The number of amides is 1. The van der Waals surface area contributed by atoms with Gasteiger partial charge >= 0.3 is 0 Å². The van der Waals surface area contributed by atoms with E-state index in [2.05, 4.69) is 15.3 Å². The Balaban J connectivity index is 1.72. The fourth-order valence-electron chi connectivity index (χ4n) is 2.45. The van der Waals surface area contributed by atoms with Crippen LogP contribution >= 0.6 is 0 Å². The largest absolute Gasteiger partial charge is 0.481 e. The van der Waals surface area contributed by atoms with Crippen LogP contribution in [-0.2, 0) is 11.2 Å². The van der Waals surface area contributed by atoms with Gasteiger partial charge in [0.15, 0.2) is 0 Å². The van der Waals surface area contributed by atoms with Gasteiger partial charge in [-0.05, 0) is 31.5 Å². The molecule has 2 aromatic heterocycles. The van der Waals surface area contributed by atoms with Crippen LogP contribution in [0.25, 0.3) is 11.5 Å². The maximum Gasteiger partial charge on any atom is 0.230 e. The van der Waals surface area contributed by atoms with Gasteiger partial charge in [-0.1, -0.05) is 18.2 Å². The predicted molar refractivity (Wildman–Crippen MR) is 94.5 cm³/mol. The Morgan fingerprint density at radius 1 is 1.20 bits per heavy atom. The van der Waals surface area contributed by atoms with Crippen LogP contribution in [0.3, 0.4) is 0 Å². The number of carbonyl (C=O) groups is 1. The van der Waals surface area contributed by atoms with Crippen LogP contribution in [0.5, 0.6) is 5.88 Å². The van der Waals surface area contributed by atoms with Gasteiger partial charge in [0.05, 0.1) is 31.1 Å². The van der Waals surface area contributed by atoms with Gasteiger partial charge < -0.3 is 14.5 Å². The molecule has 0 unspecified atom stereocenters. The molecular formula is C19H19N3O3. The number of aromatic nitrogens is 2. The first-order valence-electron chi connectivity index (χ1n) is 7.89. The number of ether oxygens (including phenoxy) is 1. The van der Waals surface area contributed by atoms with E-state index in [0.717, 1.165) is 11.1 Å². The lowest BCUT2D eigenvalue weighted by molar-refractivity contribution is -0.115. The summed E-state index contributed by atoms with van der Waals surface area (Å²) in [5.41, 5.74) is 3.23. The van der Waals surface area contributed by atoms with E-state index in [1.807, 2.05) is 38.1 Å². The minimum Gasteiger partial charge on any atom is -0.481 e. The van der Waals surface area contributed by atoms with Crippen molar-refractivity contribution in [2.24, 2.45) is 0 Å². The zero-order valence-electron chi connectivity index (χ0n) is 14.4. The van der Waals surface area contributed by atoms with Gasteiger partial charge in [-0.2, -0.15) is 0 Å². The zero-order valence-corrected chi connectivity index (χ0v) is 14.4. The van der Waals surface area contributed by atoms with E-state index < -0.39 is 0 Å². The minimum absolute atomic E-state index is 0.132. The summed E-state index contributed by atoms with van der Waals surface area (Å²) in [5, 5.41) is 2.79. The number of aryl methyl sites for hydroxylation is 2. The third-order valence-electron chi connectivity index (χ3n) is 3.83. The molecule has 0 atom stereocenters. The predicted octanol–water partition coefficient (Wildman–Crippen LogP) is 3.54. The first kappa shape index (κ1) is 16.7. The molecule has 1 aromatic carbocycles. The molecule has 3 aromatic rings.